The Labute approximate surface area is 178 Å². The Hall–Kier alpha value is -1.26. The minimum Gasteiger partial charge on any atom is -0.508 e. The van der Waals surface area contributed by atoms with Crippen LogP contribution in [0, 0.1) is 0 Å². The van der Waals surface area contributed by atoms with E-state index in [-0.39, 0.29) is 36.7 Å². The average molecular weight is 390 g/mol. The van der Waals surface area contributed by atoms with Gasteiger partial charge in [-0.1, -0.05) is 12.1 Å². The van der Waals surface area contributed by atoms with E-state index < -0.39 is 46.0 Å². The number of carbonyl (C=O) groups is 3. The second kappa shape index (κ2) is 7.40. The molecule has 2 amide bonds. The average Bonchev–Trinajstić information content (AvgIpc) is 2.80. The summed E-state index contributed by atoms with van der Waals surface area (Å²) in [7, 11) is 0. The van der Waals surface area contributed by atoms with Crippen LogP contribution in [0.4, 0.5) is 0 Å². The van der Waals surface area contributed by atoms with Gasteiger partial charge in [0.25, 0.3) is 0 Å². The van der Waals surface area contributed by atoms with Gasteiger partial charge < -0.3 is 26.2 Å². The minimum atomic E-state index is -1.06. The van der Waals surface area contributed by atoms with Crippen LogP contribution >= 0.6 is 11.8 Å². The molecule has 2 aliphatic rings. The van der Waals surface area contributed by atoms with E-state index in [0.29, 0.717) is 5.56 Å². The molecule has 137 valence electrons. The standard InChI is InChI=1S/C16H19N3O5S.Na.H2/c1-16(2)11(15(23)24)19-13(22)10(14(19)25-16)18-12(21)9(17)7-3-5-8(20)6-4-7;;/h3-6,9-11,14,20H,17H2,1-2H3,(H,18,21)(H,23,24);;1H/t9?,10-,11+,14-;;/m1../s1. The number of nitrogens with one attached hydrogen (secondary N) is 1. The number of amides is 2. The zero-order valence-electron chi connectivity index (χ0n) is 14.7. The summed E-state index contributed by atoms with van der Waals surface area (Å²) < 4.78 is -0.648. The number of hydrogen-bond donors (Lipinski definition) is 4. The number of rotatable bonds is 4. The fraction of sp³-hybridized carbons (Fsp3) is 0.438. The first kappa shape index (κ1) is 21.0. The molecule has 0 saturated carbocycles. The third-order valence-corrected chi connectivity index (χ3v) is 6.08. The van der Waals surface area contributed by atoms with Gasteiger partial charge in [-0.05, 0) is 31.5 Å². The van der Waals surface area contributed by atoms with Crippen LogP contribution < -0.4 is 11.1 Å². The summed E-state index contributed by atoms with van der Waals surface area (Å²) in [5.74, 6) is -1.94. The molecule has 0 bridgehead atoms. The van der Waals surface area contributed by atoms with Crippen LogP contribution in [0.3, 0.4) is 0 Å². The van der Waals surface area contributed by atoms with Gasteiger partial charge in [0, 0.05) is 35.7 Å². The van der Waals surface area contributed by atoms with Gasteiger partial charge in [0.15, 0.2) is 0 Å². The summed E-state index contributed by atoms with van der Waals surface area (Å²) >= 11 is 1.35. The molecular weight excluding hydrogens is 369 g/mol. The molecule has 10 heteroatoms. The molecule has 8 nitrogen and oxygen atoms in total. The molecule has 1 aromatic carbocycles. The summed E-state index contributed by atoms with van der Waals surface area (Å²) in [6.07, 6.45) is 0. The van der Waals surface area contributed by atoms with Crippen molar-refractivity contribution >= 4 is 59.1 Å². The number of β-lactam (4-membered cyclic amide) rings is 1. The van der Waals surface area contributed by atoms with Crippen LogP contribution in [0.5, 0.6) is 5.75 Å². The minimum absolute atomic E-state index is 0. The molecule has 2 aliphatic heterocycles. The van der Waals surface area contributed by atoms with Crippen LogP contribution in [0.2, 0.25) is 0 Å². The number of thioether (sulfide) groups is 1. The largest absolute Gasteiger partial charge is 0.508 e. The van der Waals surface area contributed by atoms with Crippen molar-refractivity contribution in [3.05, 3.63) is 29.8 Å². The molecule has 1 aromatic rings. The summed E-state index contributed by atoms with van der Waals surface area (Å²) in [5.41, 5.74) is 6.41. The van der Waals surface area contributed by atoms with E-state index >= 15 is 0 Å². The molecule has 2 heterocycles. The molecule has 3 rings (SSSR count). The third kappa shape index (κ3) is 3.46. The zero-order valence-corrected chi connectivity index (χ0v) is 17.5. The SMILES string of the molecule is CC1(C)S[C@@H]2[C@H](NC(=O)C(N)c3ccc(O)cc3)C(=O)N2[C@H]1C(=O)O.[HH].[Na]. The maximum Gasteiger partial charge on any atom is 0.327 e. The Balaban J connectivity index is 0.00000182. The predicted octanol–water partition coefficient (Wildman–Crippen LogP) is -0.111. The first-order valence-electron chi connectivity index (χ1n) is 7.71. The van der Waals surface area contributed by atoms with E-state index in [1.165, 1.54) is 40.9 Å². The summed E-state index contributed by atoms with van der Waals surface area (Å²) in [4.78, 5) is 37.5. The van der Waals surface area contributed by atoms with Crippen molar-refractivity contribution in [2.45, 2.75) is 42.1 Å². The van der Waals surface area contributed by atoms with Gasteiger partial charge in [0.1, 0.15) is 29.2 Å². The van der Waals surface area contributed by atoms with Gasteiger partial charge in [0.05, 0.1) is 0 Å². The van der Waals surface area contributed by atoms with Crippen LogP contribution in [-0.2, 0) is 14.4 Å². The topological polar surface area (TPSA) is 133 Å². The molecule has 5 N–H and O–H groups in total. The molecule has 4 atom stereocenters. The number of aromatic hydroxyl groups is 1. The Bertz CT molecular complexity index is 748. The quantitative estimate of drug-likeness (QED) is 0.416. The van der Waals surface area contributed by atoms with Crippen LogP contribution in [0.1, 0.15) is 26.9 Å². The van der Waals surface area contributed by atoms with Gasteiger partial charge in [-0.2, -0.15) is 0 Å². The number of phenolic OH excluding ortho intramolecular Hbond substituents is 1. The number of benzene rings is 1. The van der Waals surface area contributed by atoms with Crippen molar-refractivity contribution in [3.8, 4) is 5.75 Å². The molecule has 0 spiro atoms. The Morgan fingerprint density at radius 1 is 1.35 bits per heavy atom. The van der Waals surface area contributed by atoms with Gasteiger partial charge in [0.2, 0.25) is 11.8 Å². The second-order valence-corrected chi connectivity index (χ2v) is 8.42. The molecule has 2 saturated heterocycles. The maximum absolute atomic E-state index is 12.3. The second-order valence-electron chi connectivity index (χ2n) is 6.65. The van der Waals surface area contributed by atoms with Gasteiger partial charge in [-0.3, -0.25) is 9.59 Å². The van der Waals surface area contributed by atoms with E-state index in [9.17, 15) is 24.6 Å². The molecule has 0 aromatic heterocycles. The number of carbonyl (C=O) groups excluding carboxylic acids is 2. The summed E-state index contributed by atoms with van der Waals surface area (Å²) in [5, 5.41) is 20.9. The predicted molar refractivity (Wildman–Crippen MR) is 98.6 cm³/mol. The Kier molecular flexibility index (Phi) is 5.99. The van der Waals surface area contributed by atoms with Crippen LogP contribution in [0.15, 0.2) is 24.3 Å². The fourth-order valence-electron chi connectivity index (χ4n) is 3.22. The van der Waals surface area contributed by atoms with Crippen LogP contribution in [0.25, 0.3) is 0 Å². The third-order valence-electron chi connectivity index (χ3n) is 4.51. The van der Waals surface area contributed by atoms with E-state index in [1.807, 2.05) is 0 Å². The number of carboxylic acids is 1. The summed E-state index contributed by atoms with van der Waals surface area (Å²) in [6, 6.07) is 3.21. The van der Waals surface area contributed by atoms with Gasteiger partial charge in [-0.15, -0.1) is 11.8 Å². The number of hydrogen-bond acceptors (Lipinski definition) is 6. The number of nitrogens with zero attached hydrogens (tertiary/aromatic N) is 1. The maximum atomic E-state index is 12.3. The van der Waals surface area contributed by atoms with Gasteiger partial charge >= 0.3 is 5.97 Å². The zero-order chi connectivity index (χ0) is 18.5. The smallest absolute Gasteiger partial charge is 0.327 e. The van der Waals surface area contributed by atoms with Crippen LogP contribution in [-0.4, -0.2) is 84.7 Å². The normalized spacial score (nSPS) is 27.0. The van der Waals surface area contributed by atoms with Crippen molar-refractivity contribution in [1.82, 2.24) is 10.2 Å². The van der Waals surface area contributed by atoms with Crippen molar-refractivity contribution < 1.29 is 26.0 Å². The van der Waals surface area contributed by atoms with E-state index in [4.69, 9.17) is 5.73 Å². The van der Waals surface area contributed by atoms with Crippen molar-refractivity contribution in [2.75, 3.05) is 0 Å². The number of fused-ring (bicyclic) bond motifs is 1. The molecule has 2 fully saturated rings. The van der Waals surface area contributed by atoms with Crippen molar-refractivity contribution in [1.29, 1.82) is 0 Å². The van der Waals surface area contributed by atoms with E-state index in [2.05, 4.69) is 5.32 Å². The van der Waals surface area contributed by atoms with Gasteiger partial charge in [-0.25, -0.2) is 4.79 Å². The summed E-state index contributed by atoms with van der Waals surface area (Å²) in [6.45, 7) is 3.53. The molecule has 1 radical (unpaired) electrons. The molecule has 26 heavy (non-hydrogen) atoms. The van der Waals surface area contributed by atoms with Crippen molar-refractivity contribution in [2.24, 2.45) is 5.73 Å². The fourth-order valence-corrected chi connectivity index (χ4v) is 4.85. The first-order chi connectivity index (χ1) is 11.6. The Morgan fingerprint density at radius 3 is 2.46 bits per heavy atom. The molecular formula is C16H21N3NaO5S. The first-order valence-corrected chi connectivity index (χ1v) is 8.59. The van der Waals surface area contributed by atoms with E-state index in [0.717, 1.165) is 0 Å². The number of nitrogens with two attached hydrogens (primary N) is 1. The monoisotopic (exact) mass is 390 g/mol. The number of aliphatic carboxylic acids is 1. The Morgan fingerprint density at radius 2 is 1.92 bits per heavy atom. The van der Waals surface area contributed by atoms with E-state index in [1.54, 1.807) is 13.8 Å². The number of carboxylic acid groups (broad SMARTS) is 1. The number of phenols is 1. The van der Waals surface area contributed by atoms with Crippen molar-refractivity contribution in [3.63, 3.8) is 0 Å². The molecule has 0 aliphatic carbocycles. The molecule has 1 unspecified atom stereocenters.